The van der Waals surface area contributed by atoms with Gasteiger partial charge in [-0.15, -0.1) is 0 Å². The monoisotopic (exact) mass is 348 g/mol. The third-order valence-electron chi connectivity index (χ3n) is 4.86. The summed E-state index contributed by atoms with van der Waals surface area (Å²) in [5.41, 5.74) is 4.58. The summed E-state index contributed by atoms with van der Waals surface area (Å²) in [6.07, 6.45) is 4.91. The number of aromatic amines is 1. The molecule has 0 bridgehead atoms. The van der Waals surface area contributed by atoms with Crippen LogP contribution in [0.3, 0.4) is 0 Å². The molecule has 0 radical (unpaired) electrons. The first-order valence-corrected chi connectivity index (χ1v) is 8.62. The summed E-state index contributed by atoms with van der Waals surface area (Å²) in [5, 5.41) is 17.3. The van der Waals surface area contributed by atoms with Crippen molar-refractivity contribution in [2.24, 2.45) is 7.05 Å². The molecule has 0 spiro atoms. The summed E-state index contributed by atoms with van der Waals surface area (Å²) in [4.78, 5) is 17.4. The lowest BCUT2D eigenvalue weighted by Crippen LogP contribution is -2.36. The number of nitrogens with zero attached hydrogens (tertiary/aromatic N) is 4. The van der Waals surface area contributed by atoms with Crippen LogP contribution in [0.5, 0.6) is 0 Å². The first-order chi connectivity index (χ1) is 12.5. The smallest absolute Gasteiger partial charge is 0.268 e. The van der Waals surface area contributed by atoms with Crippen molar-refractivity contribution in [3.63, 3.8) is 0 Å². The summed E-state index contributed by atoms with van der Waals surface area (Å²) < 4.78 is 1.80. The Morgan fingerprint density at radius 1 is 1.42 bits per heavy atom. The zero-order valence-corrected chi connectivity index (χ0v) is 14.8. The van der Waals surface area contributed by atoms with E-state index in [4.69, 9.17) is 5.26 Å². The number of carbonyl (C=O) groups excluding carboxylic acids is 1. The number of likely N-dealkylation sites (tertiary alicyclic amines) is 1. The summed E-state index contributed by atoms with van der Waals surface area (Å²) in [7, 11) is 1.91. The maximum atomic E-state index is 12.5. The highest BCUT2D eigenvalue weighted by Crippen LogP contribution is 2.26. The summed E-state index contributed by atoms with van der Waals surface area (Å²) >= 11 is 0. The van der Waals surface area contributed by atoms with Gasteiger partial charge in [-0.3, -0.25) is 9.48 Å². The molecule has 0 aliphatic carbocycles. The molecule has 132 valence electrons. The maximum absolute atomic E-state index is 12.5. The number of H-pyrrole nitrogens is 1. The largest absolute Gasteiger partial charge is 0.351 e. The molecule has 1 amide bonds. The van der Waals surface area contributed by atoms with Gasteiger partial charge in [0.2, 0.25) is 0 Å². The van der Waals surface area contributed by atoms with Crippen molar-refractivity contribution in [3.8, 4) is 17.3 Å². The van der Waals surface area contributed by atoms with Gasteiger partial charge >= 0.3 is 0 Å². The number of rotatable bonds is 3. The van der Waals surface area contributed by atoms with Gasteiger partial charge in [0.1, 0.15) is 5.69 Å². The average Bonchev–Trinajstić information content (AvgIpc) is 3.32. The zero-order chi connectivity index (χ0) is 18.3. The first-order valence-electron chi connectivity index (χ1n) is 8.62. The first kappa shape index (κ1) is 16.2. The summed E-state index contributed by atoms with van der Waals surface area (Å²) in [5.74, 6) is -0.134. The predicted octanol–water partition coefficient (Wildman–Crippen LogP) is 2.16. The lowest BCUT2D eigenvalue weighted by Gasteiger charge is -2.11. The van der Waals surface area contributed by atoms with Gasteiger partial charge in [-0.05, 0) is 31.0 Å². The average molecular weight is 348 g/mol. The minimum Gasteiger partial charge on any atom is -0.351 e. The molecule has 1 fully saturated rings. The SMILES string of the molecule is Cc1nn(C)cc1-c1ccc2cc(C(=O)N[C@@H]3CCN(C#N)C3)[nH]c2c1. The van der Waals surface area contributed by atoms with Crippen LogP contribution in [-0.4, -0.2) is 44.7 Å². The molecule has 1 aliphatic rings. The van der Waals surface area contributed by atoms with E-state index in [0.717, 1.165) is 34.1 Å². The number of aryl methyl sites for hydroxylation is 2. The van der Waals surface area contributed by atoms with Gasteiger partial charge in [-0.2, -0.15) is 10.4 Å². The normalized spacial score (nSPS) is 16.8. The number of aromatic nitrogens is 3. The highest BCUT2D eigenvalue weighted by Gasteiger charge is 2.24. The molecular formula is C19H20N6O. The summed E-state index contributed by atoms with van der Waals surface area (Å²) in [6.45, 7) is 3.26. The molecule has 2 aromatic heterocycles. The summed E-state index contributed by atoms with van der Waals surface area (Å²) in [6, 6.07) is 7.98. The third kappa shape index (κ3) is 2.90. The molecule has 1 saturated heterocycles. The Kier molecular flexibility index (Phi) is 3.88. The number of benzene rings is 1. The number of nitrogens with one attached hydrogen (secondary N) is 2. The number of fused-ring (bicyclic) bond motifs is 1. The topological polar surface area (TPSA) is 89.7 Å². The molecular weight excluding hydrogens is 328 g/mol. The Bertz CT molecular complexity index is 1020. The van der Waals surface area contributed by atoms with Crippen molar-refractivity contribution in [2.75, 3.05) is 13.1 Å². The van der Waals surface area contributed by atoms with E-state index in [9.17, 15) is 4.79 Å². The number of hydrogen-bond acceptors (Lipinski definition) is 4. The van der Waals surface area contributed by atoms with E-state index in [-0.39, 0.29) is 11.9 Å². The lowest BCUT2D eigenvalue weighted by atomic mass is 10.1. The quantitative estimate of drug-likeness (QED) is 0.710. The van der Waals surface area contributed by atoms with E-state index in [1.807, 2.05) is 44.4 Å². The molecule has 7 heteroatoms. The fourth-order valence-corrected chi connectivity index (χ4v) is 3.53. The fourth-order valence-electron chi connectivity index (χ4n) is 3.53. The molecule has 3 heterocycles. The predicted molar refractivity (Wildman–Crippen MR) is 98.3 cm³/mol. The van der Waals surface area contributed by atoms with E-state index < -0.39 is 0 Å². The Morgan fingerprint density at radius 2 is 2.27 bits per heavy atom. The Morgan fingerprint density at radius 3 is 2.96 bits per heavy atom. The minimum atomic E-state index is -0.134. The number of amides is 1. The van der Waals surface area contributed by atoms with Crippen molar-refractivity contribution >= 4 is 16.8 Å². The van der Waals surface area contributed by atoms with Gasteiger partial charge in [0.25, 0.3) is 5.91 Å². The van der Waals surface area contributed by atoms with E-state index in [1.54, 1.807) is 9.58 Å². The van der Waals surface area contributed by atoms with E-state index >= 15 is 0 Å². The van der Waals surface area contributed by atoms with Crippen LogP contribution in [0.1, 0.15) is 22.6 Å². The van der Waals surface area contributed by atoms with Crippen LogP contribution < -0.4 is 5.32 Å². The van der Waals surface area contributed by atoms with Crippen LogP contribution in [0.2, 0.25) is 0 Å². The molecule has 1 atom stereocenters. The third-order valence-corrected chi connectivity index (χ3v) is 4.86. The van der Waals surface area contributed by atoms with E-state index in [0.29, 0.717) is 18.8 Å². The van der Waals surface area contributed by atoms with Crippen molar-refractivity contribution in [1.29, 1.82) is 5.26 Å². The fraction of sp³-hybridized carbons (Fsp3) is 0.316. The maximum Gasteiger partial charge on any atom is 0.268 e. The van der Waals surface area contributed by atoms with Crippen LogP contribution in [-0.2, 0) is 7.05 Å². The second kappa shape index (κ2) is 6.23. The van der Waals surface area contributed by atoms with Crippen LogP contribution in [0.25, 0.3) is 22.0 Å². The second-order valence-corrected chi connectivity index (χ2v) is 6.79. The molecule has 0 saturated carbocycles. The van der Waals surface area contributed by atoms with Crippen LogP contribution >= 0.6 is 0 Å². The molecule has 3 aromatic rings. The zero-order valence-electron chi connectivity index (χ0n) is 14.8. The molecule has 1 aliphatic heterocycles. The van der Waals surface area contributed by atoms with Crippen molar-refractivity contribution in [3.05, 3.63) is 41.9 Å². The highest BCUT2D eigenvalue weighted by atomic mass is 16.2. The van der Waals surface area contributed by atoms with E-state index in [2.05, 4.69) is 21.6 Å². The van der Waals surface area contributed by atoms with Crippen molar-refractivity contribution in [1.82, 2.24) is 25.0 Å². The second-order valence-electron chi connectivity index (χ2n) is 6.79. The van der Waals surface area contributed by atoms with E-state index in [1.165, 1.54) is 0 Å². The number of hydrogen-bond donors (Lipinski definition) is 2. The molecule has 2 N–H and O–H groups in total. The lowest BCUT2D eigenvalue weighted by molar-refractivity contribution is 0.0934. The minimum absolute atomic E-state index is 0.0159. The highest BCUT2D eigenvalue weighted by molar-refractivity contribution is 5.99. The molecule has 7 nitrogen and oxygen atoms in total. The van der Waals surface area contributed by atoms with Gasteiger partial charge in [-0.25, -0.2) is 0 Å². The number of carbonyl (C=O) groups is 1. The van der Waals surface area contributed by atoms with Crippen molar-refractivity contribution < 1.29 is 4.79 Å². The Labute approximate surface area is 151 Å². The number of nitriles is 1. The van der Waals surface area contributed by atoms with Gasteiger partial charge < -0.3 is 15.2 Å². The molecule has 4 rings (SSSR count). The van der Waals surface area contributed by atoms with Crippen molar-refractivity contribution in [2.45, 2.75) is 19.4 Å². The van der Waals surface area contributed by atoms with Crippen LogP contribution in [0.4, 0.5) is 0 Å². The molecule has 0 unspecified atom stereocenters. The van der Waals surface area contributed by atoms with Crippen LogP contribution in [0, 0.1) is 18.4 Å². The van der Waals surface area contributed by atoms with Crippen LogP contribution in [0.15, 0.2) is 30.5 Å². The Hall–Kier alpha value is -3.27. The molecule has 26 heavy (non-hydrogen) atoms. The standard InChI is InChI=1S/C19H20N6O/c1-12-16(10-24(2)23-12)13-3-4-14-8-18(22-17(14)7-13)19(26)21-15-5-6-25(9-15)11-20/h3-4,7-8,10,15,22H,5-6,9H2,1-2H3,(H,21,26)/t15-/m1/s1. The van der Waals surface area contributed by atoms with Gasteiger partial charge in [-0.1, -0.05) is 12.1 Å². The molecule has 1 aromatic carbocycles. The van der Waals surface area contributed by atoms with Gasteiger partial charge in [0, 0.05) is 48.8 Å². The van der Waals surface area contributed by atoms with Gasteiger partial charge in [0.05, 0.1) is 5.69 Å². The Balaban J connectivity index is 1.57. The van der Waals surface area contributed by atoms with Gasteiger partial charge in [0.15, 0.2) is 6.19 Å².